The molecule has 0 fully saturated rings. The number of nitrogens with zero attached hydrogens (tertiary/aromatic N) is 3. The van der Waals surface area contributed by atoms with Gasteiger partial charge in [-0.2, -0.15) is 14.0 Å². The van der Waals surface area contributed by atoms with Crippen molar-refractivity contribution >= 4 is 16.8 Å². The van der Waals surface area contributed by atoms with Gasteiger partial charge in [-0.25, -0.2) is 9.56 Å². The van der Waals surface area contributed by atoms with Crippen LogP contribution in [-0.4, -0.2) is 35.8 Å². The van der Waals surface area contributed by atoms with Gasteiger partial charge < -0.3 is 9.32 Å². The highest BCUT2D eigenvalue weighted by Gasteiger charge is 2.12. The molecule has 0 unspecified atom stereocenters. The van der Waals surface area contributed by atoms with Gasteiger partial charge in [0.05, 0.1) is 21.0 Å². The van der Waals surface area contributed by atoms with E-state index in [0.717, 1.165) is 48.7 Å². The van der Waals surface area contributed by atoms with E-state index in [0.29, 0.717) is 0 Å². The number of benzene rings is 2. The molecule has 1 N–H and O–H groups in total. The van der Waals surface area contributed by atoms with E-state index in [-0.39, 0.29) is 0 Å². The Hall–Kier alpha value is -2.23. The van der Waals surface area contributed by atoms with Crippen LogP contribution in [0, 0.1) is 10.2 Å². The molecule has 2 aliphatic rings. The zero-order valence-electron chi connectivity index (χ0n) is 17.1. The number of halogens is 1. The van der Waals surface area contributed by atoms with Crippen molar-refractivity contribution < 1.29 is 33.3 Å². The minimum atomic E-state index is -4.69. The van der Waals surface area contributed by atoms with Gasteiger partial charge in [0, 0.05) is 30.9 Å². The Morgan fingerprint density at radius 3 is 2.17 bits per heavy atom. The van der Waals surface area contributed by atoms with Crippen LogP contribution in [0.25, 0.3) is 22.6 Å². The summed E-state index contributed by atoms with van der Waals surface area (Å²) in [5.74, 6) is 0.837. The van der Waals surface area contributed by atoms with Crippen molar-refractivity contribution in [2.24, 2.45) is 0 Å². The Balaban J connectivity index is 0.000000537. The van der Waals surface area contributed by atoms with E-state index in [1.165, 1.54) is 11.0 Å². The van der Waals surface area contributed by atoms with Crippen LogP contribution in [0.3, 0.4) is 0 Å². The molecule has 9 heteroatoms. The Labute approximate surface area is 172 Å². The predicted octanol–water partition coefficient (Wildman–Crippen LogP) is -0.533. The summed E-state index contributed by atoms with van der Waals surface area (Å²) < 4.78 is 41.2. The quantitative estimate of drug-likeness (QED) is 0.431. The molecular formula is C20H27ClN3O5+. The van der Waals surface area contributed by atoms with Crippen LogP contribution in [0.2, 0.25) is 0 Å². The highest BCUT2D eigenvalue weighted by atomic mass is 35.7. The molecule has 0 amide bonds. The topological polar surface area (TPSA) is 122 Å². The summed E-state index contributed by atoms with van der Waals surface area (Å²) in [4.78, 5) is 7.06. The number of aromatic nitrogens is 1. The van der Waals surface area contributed by atoms with E-state index in [4.69, 9.17) is 28.0 Å². The van der Waals surface area contributed by atoms with Gasteiger partial charge in [0.15, 0.2) is 11.3 Å². The van der Waals surface area contributed by atoms with Crippen LogP contribution in [0.4, 0.5) is 5.69 Å². The monoisotopic (exact) mass is 424 g/mol. The molecule has 0 bridgehead atoms. The second kappa shape index (κ2) is 10.00. The van der Waals surface area contributed by atoms with Gasteiger partial charge in [-0.3, -0.25) is 0 Å². The molecular weight excluding hydrogens is 398 g/mol. The molecule has 0 aromatic heterocycles. The van der Waals surface area contributed by atoms with Gasteiger partial charge in [0.1, 0.15) is 24.3 Å². The smallest absolute Gasteiger partial charge is 0.203 e. The Kier molecular flexibility index (Phi) is 7.95. The van der Waals surface area contributed by atoms with Crippen LogP contribution in [-0.2, 0) is 0 Å². The zero-order valence-corrected chi connectivity index (χ0v) is 17.8. The zero-order chi connectivity index (χ0) is 21.6. The predicted molar refractivity (Wildman–Crippen MR) is 103 cm³/mol. The molecule has 1 aliphatic heterocycles. The number of rotatable bonds is 5. The summed E-state index contributed by atoms with van der Waals surface area (Å²) >= 11 is 0. The molecule has 29 heavy (non-hydrogen) atoms. The standard InChI is InChI=1S/C20H26N3O.ClHO4/c1-5-22(6-2)15-9-11-17-19(13-15)24-20-14-16(23(7-3)8-4)10-12-18(20)21-17;2-1(3,4)5/h9-14H,5-8H2,1-4H3;(H,2,3,4,5)/q+1;. The van der Waals surface area contributed by atoms with E-state index < -0.39 is 10.2 Å². The first-order valence-electron chi connectivity index (χ1n) is 9.50. The summed E-state index contributed by atoms with van der Waals surface area (Å²) in [6.45, 7) is 12.6. The Bertz CT molecular complexity index is 968. The molecule has 0 saturated heterocycles. The average Bonchev–Trinajstić information content (AvgIpc) is 2.67. The second-order valence-corrected chi connectivity index (χ2v) is 7.05. The highest BCUT2D eigenvalue weighted by molar-refractivity contribution is 5.80. The lowest BCUT2D eigenvalue weighted by Gasteiger charge is -2.21. The molecule has 8 nitrogen and oxygen atoms in total. The molecule has 0 saturated carbocycles. The summed E-state index contributed by atoms with van der Waals surface area (Å²) in [6.07, 6.45) is 0. The van der Waals surface area contributed by atoms with Crippen LogP contribution < -0.4 is 28.8 Å². The van der Waals surface area contributed by atoms with Gasteiger partial charge >= 0.3 is 0 Å². The number of fused-ring (bicyclic) bond motifs is 2. The van der Waals surface area contributed by atoms with E-state index in [1.54, 1.807) is 0 Å². The fourth-order valence-electron chi connectivity index (χ4n) is 3.17. The van der Waals surface area contributed by atoms with Crippen molar-refractivity contribution in [2.45, 2.75) is 27.7 Å². The molecule has 158 valence electrons. The molecule has 1 heterocycles. The van der Waals surface area contributed by atoms with Crippen LogP contribution in [0.15, 0.2) is 40.8 Å². The molecule has 1 aromatic carbocycles. The minimum absolute atomic E-state index is 0.837. The maximum Gasteiger partial charge on any atom is 0.203 e. The second-order valence-electron chi connectivity index (χ2n) is 6.26. The maximum atomic E-state index is 8.60. The van der Waals surface area contributed by atoms with Gasteiger partial charge in [-0.05, 0) is 45.9 Å². The lowest BCUT2D eigenvalue weighted by Crippen LogP contribution is -2.58. The Morgan fingerprint density at radius 2 is 1.62 bits per heavy atom. The van der Waals surface area contributed by atoms with Crippen molar-refractivity contribution in [3.63, 3.8) is 0 Å². The van der Waals surface area contributed by atoms with E-state index in [2.05, 4.69) is 61.4 Å². The van der Waals surface area contributed by atoms with Gasteiger partial charge in [0.2, 0.25) is 5.36 Å². The van der Waals surface area contributed by atoms with E-state index in [1.807, 2.05) is 12.1 Å². The third-order valence-electron chi connectivity index (χ3n) is 4.60. The summed E-state index contributed by atoms with van der Waals surface area (Å²) in [6, 6.07) is 12.5. The van der Waals surface area contributed by atoms with Crippen molar-refractivity contribution in [1.82, 2.24) is 9.56 Å². The first kappa shape index (κ1) is 23.1. The SMILES string of the molecule is CCN(CC)c1ccc2nc3ccc(=[N+](CC)CC)cc-3oc2c1.[O-][Cl+3]([O-])([O-])O. The average molecular weight is 425 g/mol. The summed E-state index contributed by atoms with van der Waals surface area (Å²) in [5.41, 5.74) is 3.81. The molecule has 0 spiro atoms. The van der Waals surface area contributed by atoms with Gasteiger partial charge in [0.25, 0.3) is 0 Å². The van der Waals surface area contributed by atoms with E-state index >= 15 is 0 Å². The lowest BCUT2D eigenvalue weighted by molar-refractivity contribution is -1.92. The van der Waals surface area contributed by atoms with Gasteiger partial charge in [-0.1, -0.05) is 0 Å². The minimum Gasteiger partial charge on any atom is -0.452 e. The summed E-state index contributed by atoms with van der Waals surface area (Å²) in [5, 5.41) is 1.18. The van der Waals surface area contributed by atoms with Crippen molar-refractivity contribution in [3.8, 4) is 11.5 Å². The third kappa shape index (κ3) is 6.38. The molecule has 1 aliphatic carbocycles. The molecule has 3 rings (SSSR count). The Morgan fingerprint density at radius 1 is 1.00 bits per heavy atom. The lowest BCUT2D eigenvalue weighted by atomic mass is 10.2. The normalized spacial score (nSPS) is 11.3. The first-order chi connectivity index (χ1) is 13.7. The van der Waals surface area contributed by atoms with Crippen LogP contribution >= 0.6 is 0 Å². The molecule has 0 radical (unpaired) electrons. The third-order valence-corrected chi connectivity index (χ3v) is 4.60. The van der Waals surface area contributed by atoms with Crippen molar-refractivity contribution in [2.75, 3.05) is 31.1 Å². The van der Waals surface area contributed by atoms with Crippen molar-refractivity contribution in [1.29, 1.82) is 0 Å². The largest absolute Gasteiger partial charge is 0.452 e. The maximum absolute atomic E-state index is 8.60. The van der Waals surface area contributed by atoms with Crippen molar-refractivity contribution in [3.05, 3.63) is 41.8 Å². The highest BCUT2D eigenvalue weighted by Crippen LogP contribution is 2.26. The van der Waals surface area contributed by atoms with E-state index in [9.17, 15) is 0 Å². The number of hydrogen-bond donors (Lipinski definition) is 1. The molecule has 1 aromatic rings. The first-order valence-corrected chi connectivity index (χ1v) is 10.8. The number of anilines is 1. The van der Waals surface area contributed by atoms with Crippen LogP contribution in [0.5, 0.6) is 0 Å². The van der Waals surface area contributed by atoms with Crippen LogP contribution in [0.1, 0.15) is 27.7 Å². The summed E-state index contributed by atoms with van der Waals surface area (Å²) in [7, 11) is -4.69. The fraction of sp³-hybridized carbons (Fsp3) is 0.400. The van der Waals surface area contributed by atoms with Gasteiger partial charge in [-0.15, -0.1) is 0 Å². The molecule has 0 atom stereocenters. The number of hydrogen-bond acceptors (Lipinski definition) is 7. The fourth-order valence-corrected chi connectivity index (χ4v) is 3.17.